The number of aliphatic hydroxyl groups excluding tert-OH is 1. The largest absolute Gasteiger partial charge is 0.493 e. The number of aromatic nitrogens is 1. The quantitative estimate of drug-likeness (QED) is 0.775. The number of carbonyl (C=O) groups excluding carboxylic acids is 1. The van der Waals surface area contributed by atoms with Gasteiger partial charge < -0.3 is 24.2 Å². The summed E-state index contributed by atoms with van der Waals surface area (Å²) in [7, 11) is 2.97. The summed E-state index contributed by atoms with van der Waals surface area (Å²) in [6.45, 7) is 1.70. The van der Waals surface area contributed by atoms with E-state index in [-0.39, 0.29) is 6.10 Å². The van der Waals surface area contributed by atoms with Gasteiger partial charge in [-0.05, 0) is 48.9 Å². The van der Waals surface area contributed by atoms with Crippen molar-refractivity contribution in [2.45, 2.75) is 25.0 Å². The summed E-state index contributed by atoms with van der Waals surface area (Å²) < 4.78 is 16.2. The average molecular weight is 398 g/mol. The number of para-hydroxylation sites is 2. The van der Waals surface area contributed by atoms with Gasteiger partial charge in [-0.1, -0.05) is 12.1 Å². The number of aliphatic hydroxyl groups is 1. The molecule has 7 nitrogen and oxygen atoms in total. The highest BCUT2D eigenvalue weighted by Gasteiger charge is 2.43. The van der Waals surface area contributed by atoms with Gasteiger partial charge in [0.2, 0.25) is 0 Å². The van der Waals surface area contributed by atoms with Crippen LogP contribution in [-0.4, -0.2) is 55.6 Å². The lowest BCUT2D eigenvalue weighted by atomic mass is 9.78. The van der Waals surface area contributed by atoms with Gasteiger partial charge in [-0.3, -0.25) is 0 Å². The van der Waals surface area contributed by atoms with Crippen LogP contribution in [-0.2, 0) is 4.74 Å². The maximum Gasteiger partial charge on any atom is 0.339 e. The van der Waals surface area contributed by atoms with E-state index < -0.39 is 12.1 Å². The fourth-order valence-corrected chi connectivity index (χ4v) is 4.39. The number of fused-ring (bicyclic) bond motifs is 1. The highest BCUT2D eigenvalue weighted by Crippen LogP contribution is 2.40. The fourth-order valence-electron chi connectivity index (χ4n) is 4.39. The molecule has 7 heteroatoms. The Balaban J connectivity index is 1.43. The Bertz CT molecular complexity index is 857. The number of esters is 1. The molecule has 2 aliphatic rings. The van der Waals surface area contributed by atoms with Gasteiger partial charge in [0.05, 0.1) is 25.9 Å². The van der Waals surface area contributed by atoms with Crippen LogP contribution in [0.25, 0.3) is 0 Å². The van der Waals surface area contributed by atoms with Crippen LogP contribution in [0.1, 0.15) is 23.2 Å². The minimum absolute atomic E-state index is 0.262. The number of benzene rings is 1. The van der Waals surface area contributed by atoms with Crippen molar-refractivity contribution in [3.05, 3.63) is 48.2 Å². The number of pyridine rings is 1. The maximum atomic E-state index is 11.6. The third-order valence-electron chi connectivity index (χ3n) is 5.93. The first-order valence-electron chi connectivity index (χ1n) is 9.86. The van der Waals surface area contributed by atoms with E-state index in [2.05, 4.69) is 9.88 Å². The number of hydrogen-bond acceptors (Lipinski definition) is 7. The van der Waals surface area contributed by atoms with E-state index in [1.54, 1.807) is 19.4 Å². The second kappa shape index (κ2) is 8.29. The monoisotopic (exact) mass is 398 g/mol. The lowest BCUT2D eigenvalue weighted by Gasteiger charge is -2.35. The van der Waals surface area contributed by atoms with E-state index in [9.17, 15) is 9.90 Å². The molecule has 0 amide bonds. The van der Waals surface area contributed by atoms with Gasteiger partial charge in [0.25, 0.3) is 0 Å². The van der Waals surface area contributed by atoms with Crippen molar-refractivity contribution in [2.75, 3.05) is 32.2 Å². The lowest BCUT2D eigenvalue weighted by Crippen LogP contribution is -2.42. The first kappa shape index (κ1) is 19.5. The molecule has 1 aliphatic carbocycles. The second-order valence-electron chi connectivity index (χ2n) is 7.67. The number of rotatable bonds is 5. The molecular weight excluding hydrogens is 372 g/mol. The molecule has 2 fully saturated rings. The van der Waals surface area contributed by atoms with Gasteiger partial charge >= 0.3 is 5.97 Å². The lowest BCUT2D eigenvalue weighted by molar-refractivity contribution is -0.0240. The van der Waals surface area contributed by atoms with E-state index in [0.29, 0.717) is 35.3 Å². The van der Waals surface area contributed by atoms with Crippen LogP contribution in [0.5, 0.6) is 11.5 Å². The van der Waals surface area contributed by atoms with Gasteiger partial charge in [0, 0.05) is 19.3 Å². The average Bonchev–Trinajstić information content (AvgIpc) is 3.16. The molecule has 0 bridgehead atoms. The first-order valence-corrected chi connectivity index (χ1v) is 9.86. The molecular formula is C22H26N2O5. The molecule has 4 rings (SSSR count). The second-order valence-corrected chi connectivity index (χ2v) is 7.67. The third-order valence-corrected chi connectivity index (χ3v) is 5.93. The molecule has 1 saturated carbocycles. The molecule has 0 unspecified atom stereocenters. The van der Waals surface area contributed by atoms with Crippen molar-refractivity contribution in [3.63, 3.8) is 0 Å². The van der Waals surface area contributed by atoms with Crippen molar-refractivity contribution in [2.24, 2.45) is 11.8 Å². The number of hydrogen-bond donors (Lipinski definition) is 1. The minimum atomic E-state index is -0.518. The third kappa shape index (κ3) is 4.00. The van der Waals surface area contributed by atoms with Crippen LogP contribution in [0.2, 0.25) is 0 Å². The van der Waals surface area contributed by atoms with Crippen LogP contribution >= 0.6 is 0 Å². The van der Waals surface area contributed by atoms with Crippen LogP contribution < -0.4 is 14.4 Å². The number of ether oxygens (including phenoxy) is 3. The minimum Gasteiger partial charge on any atom is -0.493 e. The van der Waals surface area contributed by atoms with Gasteiger partial charge in [0.1, 0.15) is 11.9 Å². The van der Waals surface area contributed by atoms with Crippen molar-refractivity contribution in [1.82, 2.24) is 4.98 Å². The first-order chi connectivity index (χ1) is 14.1. The Labute approximate surface area is 170 Å². The highest BCUT2D eigenvalue weighted by molar-refractivity contribution is 5.89. The summed E-state index contributed by atoms with van der Waals surface area (Å²) in [6, 6.07) is 11.1. The summed E-state index contributed by atoms with van der Waals surface area (Å²) in [6.07, 6.45) is 2.24. The Morgan fingerprint density at radius 1 is 1.07 bits per heavy atom. The SMILES string of the molecule is COC(=O)c1ccc(N2C[C@H]3C[C@@H](Oc4ccccc4OC)[C@H](O)C[C@H]3C2)nc1. The Hall–Kier alpha value is -2.80. The molecule has 0 radical (unpaired) electrons. The van der Waals surface area contributed by atoms with Crippen molar-refractivity contribution < 1.29 is 24.1 Å². The van der Waals surface area contributed by atoms with Crippen LogP contribution in [0.4, 0.5) is 5.82 Å². The van der Waals surface area contributed by atoms with Crippen molar-refractivity contribution in [1.29, 1.82) is 0 Å². The molecule has 1 N–H and O–H groups in total. The normalized spacial score (nSPS) is 26.0. The van der Waals surface area contributed by atoms with Crippen LogP contribution in [0.3, 0.4) is 0 Å². The standard InChI is InChI=1S/C22H26N2O5/c1-27-18-5-3-4-6-19(18)29-20-10-16-13-24(12-15(16)9-17(20)25)21-8-7-14(11-23-21)22(26)28-2/h3-8,11,15-17,20,25H,9-10,12-13H2,1-2H3/t15-,16+,17+,20+/m0/s1. The Morgan fingerprint density at radius 2 is 1.79 bits per heavy atom. The topological polar surface area (TPSA) is 81.1 Å². The molecule has 29 heavy (non-hydrogen) atoms. The molecule has 2 aromatic rings. The van der Waals surface area contributed by atoms with Gasteiger partial charge in [0.15, 0.2) is 11.5 Å². The molecule has 154 valence electrons. The van der Waals surface area contributed by atoms with E-state index in [0.717, 1.165) is 25.3 Å². The van der Waals surface area contributed by atoms with E-state index in [1.165, 1.54) is 7.11 Å². The molecule has 0 spiro atoms. The summed E-state index contributed by atoms with van der Waals surface area (Å²) in [5, 5.41) is 10.7. The smallest absolute Gasteiger partial charge is 0.339 e. The van der Waals surface area contributed by atoms with Crippen LogP contribution in [0.15, 0.2) is 42.6 Å². The summed E-state index contributed by atoms with van der Waals surface area (Å²) >= 11 is 0. The summed E-state index contributed by atoms with van der Waals surface area (Å²) in [5.74, 6) is 2.59. The van der Waals surface area contributed by atoms with Gasteiger partial charge in [-0.2, -0.15) is 0 Å². The predicted molar refractivity (Wildman–Crippen MR) is 107 cm³/mol. The van der Waals surface area contributed by atoms with Gasteiger partial charge in [-0.25, -0.2) is 9.78 Å². The molecule has 1 saturated heterocycles. The predicted octanol–water partition coefficient (Wildman–Crippen LogP) is 2.53. The molecule has 1 aliphatic heterocycles. The zero-order chi connectivity index (χ0) is 20.4. The fraction of sp³-hybridized carbons (Fsp3) is 0.455. The van der Waals surface area contributed by atoms with E-state index in [1.807, 2.05) is 30.3 Å². The molecule has 4 atom stereocenters. The number of methoxy groups -OCH3 is 2. The zero-order valence-electron chi connectivity index (χ0n) is 16.7. The summed E-state index contributed by atoms with van der Waals surface area (Å²) in [5.41, 5.74) is 0.438. The van der Waals surface area contributed by atoms with Crippen molar-refractivity contribution >= 4 is 11.8 Å². The van der Waals surface area contributed by atoms with E-state index >= 15 is 0 Å². The number of carbonyl (C=O) groups is 1. The van der Waals surface area contributed by atoms with Crippen molar-refractivity contribution in [3.8, 4) is 11.5 Å². The summed E-state index contributed by atoms with van der Waals surface area (Å²) in [4.78, 5) is 18.2. The zero-order valence-corrected chi connectivity index (χ0v) is 16.7. The molecule has 2 heterocycles. The highest BCUT2D eigenvalue weighted by atomic mass is 16.5. The van der Waals surface area contributed by atoms with Crippen LogP contribution in [0, 0.1) is 11.8 Å². The Kier molecular flexibility index (Phi) is 5.58. The molecule has 1 aromatic heterocycles. The van der Waals surface area contributed by atoms with Gasteiger partial charge in [-0.15, -0.1) is 0 Å². The molecule has 1 aromatic carbocycles. The number of anilines is 1. The number of nitrogens with zero attached hydrogens (tertiary/aromatic N) is 2. The maximum absolute atomic E-state index is 11.6. The Morgan fingerprint density at radius 3 is 2.45 bits per heavy atom. The van der Waals surface area contributed by atoms with E-state index in [4.69, 9.17) is 14.2 Å².